The fourth-order valence-corrected chi connectivity index (χ4v) is 1.98. The molecule has 1 saturated carbocycles. The lowest BCUT2D eigenvalue weighted by Crippen LogP contribution is -2.37. The SMILES string of the molecule is CCNC(CC(C)CC)C1(C)CC1. The Hall–Kier alpha value is -0.0400. The van der Waals surface area contributed by atoms with Gasteiger partial charge in [-0.2, -0.15) is 0 Å². The van der Waals surface area contributed by atoms with E-state index in [0.29, 0.717) is 5.41 Å². The predicted octanol–water partition coefficient (Wildman–Crippen LogP) is 3.20. The van der Waals surface area contributed by atoms with Crippen molar-refractivity contribution in [2.45, 2.75) is 59.4 Å². The number of rotatable bonds is 6. The standard InChI is InChI=1S/C12H25N/c1-5-10(3)9-11(13-6-2)12(4)7-8-12/h10-11,13H,5-9H2,1-4H3. The number of hydrogen-bond donors (Lipinski definition) is 1. The molecule has 13 heavy (non-hydrogen) atoms. The van der Waals surface area contributed by atoms with Crippen molar-refractivity contribution in [3.63, 3.8) is 0 Å². The highest BCUT2D eigenvalue weighted by Gasteiger charge is 2.44. The van der Waals surface area contributed by atoms with Crippen molar-refractivity contribution in [1.29, 1.82) is 0 Å². The van der Waals surface area contributed by atoms with Gasteiger partial charge in [-0.05, 0) is 37.1 Å². The average Bonchev–Trinajstić information content (AvgIpc) is 2.84. The van der Waals surface area contributed by atoms with Crippen LogP contribution in [0.2, 0.25) is 0 Å². The second-order valence-electron chi connectivity index (χ2n) is 5.01. The van der Waals surface area contributed by atoms with Crippen LogP contribution in [0.4, 0.5) is 0 Å². The van der Waals surface area contributed by atoms with Crippen molar-refractivity contribution in [1.82, 2.24) is 5.32 Å². The van der Waals surface area contributed by atoms with E-state index in [9.17, 15) is 0 Å². The van der Waals surface area contributed by atoms with Gasteiger partial charge in [-0.25, -0.2) is 0 Å². The van der Waals surface area contributed by atoms with Crippen LogP contribution in [-0.2, 0) is 0 Å². The first-order chi connectivity index (χ1) is 6.12. The van der Waals surface area contributed by atoms with Crippen LogP contribution in [0.5, 0.6) is 0 Å². The van der Waals surface area contributed by atoms with Gasteiger partial charge in [0, 0.05) is 6.04 Å². The molecule has 0 bridgehead atoms. The summed E-state index contributed by atoms with van der Waals surface area (Å²) in [7, 11) is 0. The van der Waals surface area contributed by atoms with E-state index >= 15 is 0 Å². The molecular formula is C12H25N. The van der Waals surface area contributed by atoms with Crippen LogP contribution in [0.3, 0.4) is 0 Å². The fourth-order valence-electron chi connectivity index (χ4n) is 1.98. The third kappa shape index (κ3) is 2.98. The van der Waals surface area contributed by atoms with E-state index in [-0.39, 0.29) is 0 Å². The van der Waals surface area contributed by atoms with Gasteiger partial charge in [-0.15, -0.1) is 0 Å². The Balaban J connectivity index is 2.38. The van der Waals surface area contributed by atoms with Crippen LogP contribution in [0, 0.1) is 11.3 Å². The Morgan fingerprint density at radius 2 is 1.92 bits per heavy atom. The van der Waals surface area contributed by atoms with Crippen LogP contribution in [0.1, 0.15) is 53.4 Å². The minimum Gasteiger partial charge on any atom is -0.314 e. The maximum Gasteiger partial charge on any atom is 0.0123 e. The average molecular weight is 183 g/mol. The Morgan fingerprint density at radius 3 is 2.31 bits per heavy atom. The van der Waals surface area contributed by atoms with Gasteiger partial charge in [0.15, 0.2) is 0 Å². The van der Waals surface area contributed by atoms with Crippen LogP contribution in [0.25, 0.3) is 0 Å². The first kappa shape index (κ1) is 11.0. The van der Waals surface area contributed by atoms with Crippen molar-refractivity contribution in [3.8, 4) is 0 Å². The smallest absolute Gasteiger partial charge is 0.0123 e. The lowest BCUT2D eigenvalue weighted by molar-refractivity contribution is 0.298. The first-order valence-corrected chi connectivity index (χ1v) is 5.85. The third-order valence-electron chi connectivity index (χ3n) is 3.67. The van der Waals surface area contributed by atoms with Gasteiger partial charge >= 0.3 is 0 Å². The van der Waals surface area contributed by atoms with E-state index in [1.54, 1.807) is 0 Å². The van der Waals surface area contributed by atoms with Crippen molar-refractivity contribution in [2.75, 3.05) is 6.54 Å². The lowest BCUT2D eigenvalue weighted by atomic mass is 9.89. The van der Waals surface area contributed by atoms with Gasteiger partial charge in [0.2, 0.25) is 0 Å². The zero-order chi connectivity index (χ0) is 9.90. The zero-order valence-corrected chi connectivity index (χ0v) is 9.69. The highest BCUT2D eigenvalue weighted by atomic mass is 14.9. The molecular weight excluding hydrogens is 158 g/mol. The molecule has 1 nitrogen and oxygen atoms in total. The molecule has 1 heteroatoms. The molecule has 2 unspecified atom stereocenters. The highest BCUT2D eigenvalue weighted by Crippen LogP contribution is 2.49. The Kier molecular flexibility index (Phi) is 3.78. The minimum absolute atomic E-state index is 0.638. The Labute approximate surface area is 83.3 Å². The largest absolute Gasteiger partial charge is 0.314 e. The number of nitrogens with one attached hydrogen (secondary N) is 1. The molecule has 0 aliphatic heterocycles. The second kappa shape index (κ2) is 4.45. The van der Waals surface area contributed by atoms with Crippen molar-refractivity contribution in [2.24, 2.45) is 11.3 Å². The minimum atomic E-state index is 0.638. The molecule has 0 aromatic rings. The molecule has 0 heterocycles. The summed E-state index contributed by atoms with van der Waals surface area (Å²) >= 11 is 0. The summed E-state index contributed by atoms with van der Waals surface area (Å²) in [5.41, 5.74) is 0.638. The van der Waals surface area contributed by atoms with Crippen LogP contribution in [-0.4, -0.2) is 12.6 Å². The summed E-state index contributed by atoms with van der Waals surface area (Å²) in [5, 5.41) is 3.65. The first-order valence-electron chi connectivity index (χ1n) is 5.85. The maximum atomic E-state index is 3.65. The van der Waals surface area contributed by atoms with Gasteiger partial charge in [-0.1, -0.05) is 34.1 Å². The quantitative estimate of drug-likeness (QED) is 0.667. The van der Waals surface area contributed by atoms with E-state index in [0.717, 1.165) is 18.5 Å². The molecule has 78 valence electrons. The molecule has 1 aliphatic rings. The van der Waals surface area contributed by atoms with Gasteiger partial charge < -0.3 is 5.32 Å². The predicted molar refractivity (Wildman–Crippen MR) is 58.9 cm³/mol. The van der Waals surface area contributed by atoms with E-state index in [1.165, 1.54) is 25.7 Å². The van der Waals surface area contributed by atoms with Gasteiger partial charge in [0.05, 0.1) is 0 Å². The Morgan fingerprint density at radius 1 is 1.31 bits per heavy atom. The summed E-state index contributed by atoms with van der Waals surface area (Å²) in [6.45, 7) is 10.4. The molecule has 1 rings (SSSR count). The molecule has 1 fully saturated rings. The summed E-state index contributed by atoms with van der Waals surface area (Å²) in [4.78, 5) is 0. The highest BCUT2D eigenvalue weighted by molar-refractivity contribution is 4.98. The molecule has 0 amide bonds. The van der Waals surface area contributed by atoms with E-state index in [2.05, 4.69) is 33.0 Å². The zero-order valence-electron chi connectivity index (χ0n) is 9.69. The molecule has 0 saturated heterocycles. The molecule has 0 spiro atoms. The number of hydrogen-bond acceptors (Lipinski definition) is 1. The van der Waals surface area contributed by atoms with Gasteiger partial charge in [-0.3, -0.25) is 0 Å². The molecule has 1 N–H and O–H groups in total. The van der Waals surface area contributed by atoms with Crippen molar-refractivity contribution >= 4 is 0 Å². The van der Waals surface area contributed by atoms with Crippen LogP contribution < -0.4 is 5.32 Å². The van der Waals surface area contributed by atoms with E-state index in [4.69, 9.17) is 0 Å². The summed E-state index contributed by atoms with van der Waals surface area (Å²) in [6, 6.07) is 0.771. The summed E-state index contributed by atoms with van der Waals surface area (Å²) in [6.07, 6.45) is 5.54. The molecule has 2 atom stereocenters. The van der Waals surface area contributed by atoms with Gasteiger partial charge in [0.25, 0.3) is 0 Å². The van der Waals surface area contributed by atoms with Crippen LogP contribution >= 0.6 is 0 Å². The van der Waals surface area contributed by atoms with Crippen molar-refractivity contribution in [3.05, 3.63) is 0 Å². The van der Waals surface area contributed by atoms with Gasteiger partial charge in [0.1, 0.15) is 0 Å². The molecule has 0 aromatic heterocycles. The maximum absolute atomic E-state index is 3.65. The second-order valence-corrected chi connectivity index (χ2v) is 5.01. The Bertz CT molecular complexity index is 149. The fraction of sp³-hybridized carbons (Fsp3) is 1.00. The molecule has 0 radical (unpaired) electrons. The van der Waals surface area contributed by atoms with E-state index < -0.39 is 0 Å². The van der Waals surface area contributed by atoms with Crippen LogP contribution in [0.15, 0.2) is 0 Å². The molecule has 0 aromatic carbocycles. The van der Waals surface area contributed by atoms with Crippen molar-refractivity contribution < 1.29 is 0 Å². The third-order valence-corrected chi connectivity index (χ3v) is 3.67. The normalized spacial score (nSPS) is 24.0. The summed E-state index contributed by atoms with van der Waals surface area (Å²) in [5.74, 6) is 0.876. The van der Waals surface area contributed by atoms with E-state index in [1.807, 2.05) is 0 Å². The topological polar surface area (TPSA) is 12.0 Å². The monoisotopic (exact) mass is 183 g/mol. The lowest BCUT2D eigenvalue weighted by Gasteiger charge is -2.27. The summed E-state index contributed by atoms with van der Waals surface area (Å²) < 4.78 is 0. The molecule has 1 aliphatic carbocycles.